The van der Waals surface area contributed by atoms with Crippen LogP contribution in [0.25, 0.3) is 0 Å². The normalized spacial score (nSPS) is 10.3. The first-order chi connectivity index (χ1) is 9.17. The molecule has 0 N–H and O–H groups in total. The summed E-state index contributed by atoms with van der Waals surface area (Å²) in [4.78, 5) is 13.5. The van der Waals surface area contributed by atoms with Crippen LogP contribution in [0.15, 0.2) is 47.4 Å². The summed E-state index contributed by atoms with van der Waals surface area (Å²) in [5, 5.41) is 0.519. The molecule has 0 radical (unpaired) electrons. The fraction of sp³-hybridized carbons (Fsp3) is 0.133. The maximum atomic E-state index is 12.6. The number of benzene rings is 2. The maximum Gasteiger partial charge on any atom is 0.197 e. The zero-order valence-electron chi connectivity index (χ0n) is 10.6. The van der Waals surface area contributed by atoms with Gasteiger partial charge in [0, 0.05) is 15.5 Å². The molecule has 0 atom stereocenters. The highest BCUT2D eigenvalue weighted by Gasteiger charge is 2.17. The van der Waals surface area contributed by atoms with Crippen LogP contribution in [-0.2, 0) is 0 Å². The molecule has 98 valence electrons. The van der Waals surface area contributed by atoms with E-state index in [2.05, 4.69) is 0 Å². The highest BCUT2D eigenvalue weighted by molar-refractivity contribution is 7.98. The predicted molar refractivity (Wildman–Crippen MR) is 79.7 cm³/mol. The molecule has 0 fully saturated rings. The van der Waals surface area contributed by atoms with Gasteiger partial charge in [0.15, 0.2) is 5.78 Å². The SMILES string of the molecule is COc1ccc(Cl)cc1C(=O)c1ccccc1SC. The standard InChI is InChI=1S/C15H13ClO2S/c1-18-13-8-7-10(16)9-12(13)15(17)11-5-3-4-6-14(11)19-2/h3-9H,1-2H3. The van der Waals surface area contributed by atoms with Crippen LogP contribution in [0.5, 0.6) is 5.75 Å². The summed E-state index contributed by atoms with van der Waals surface area (Å²) in [7, 11) is 1.54. The van der Waals surface area contributed by atoms with Crippen molar-refractivity contribution < 1.29 is 9.53 Å². The minimum absolute atomic E-state index is 0.0794. The molecule has 0 bridgehead atoms. The largest absolute Gasteiger partial charge is 0.496 e. The number of carbonyl (C=O) groups excluding carboxylic acids is 1. The van der Waals surface area contributed by atoms with Gasteiger partial charge < -0.3 is 4.74 Å². The van der Waals surface area contributed by atoms with Crippen LogP contribution in [0.2, 0.25) is 5.02 Å². The van der Waals surface area contributed by atoms with E-state index in [1.54, 1.807) is 37.1 Å². The molecular weight excluding hydrogens is 280 g/mol. The number of carbonyl (C=O) groups is 1. The molecule has 0 aromatic heterocycles. The van der Waals surface area contributed by atoms with Gasteiger partial charge in [-0.15, -0.1) is 11.8 Å². The molecular formula is C15H13ClO2S. The lowest BCUT2D eigenvalue weighted by Crippen LogP contribution is -2.05. The third-order valence-corrected chi connectivity index (χ3v) is 3.79. The lowest BCUT2D eigenvalue weighted by Gasteiger charge is -2.10. The third kappa shape index (κ3) is 2.94. The first-order valence-corrected chi connectivity index (χ1v) is 7.29. The summed E-state index contributed by atoms with van der Waals surface area (Å²) in [6.45, 7) is 0. The Kier molecular flexibility index (Phi) is 4.51. The van der Waals surface area contributed by atoms with E-state index >= 15 is 0 Å². The van der Waals surface area contributed by atoms with Crippen molar-refractivity contribution in [2.75, 3.05) is 13.4 Å². The summed E-state index contributed by atoms with van der Waals surface area (Å²) in [5.74, 6) is 0.453. The second kappa shape index (κ2) is 6.13. The van der Waals surface area contributed by atoms with Crippen molar-refractivity contribution in [3.05, 3.63) is 58.6 Å². The van der Waals surface area contributed by atoms with Gasteiger partial charge >= 0.3 is 0 Å². The number of methoxy groups -OCH3 is 1. The van der Waals surface area contributed by atoms with Gasteiger partial charge in [-0.2, -0.15) is 0 Å². The van der Waals surface area contributed by atoms with E-state index in [4.69, 9.17) is 16.3 Å². The van der Waals surface area contributed by atoms with Crippen LogP contribution in [0.1, 0.15) is 15.9 Å². The lowest BCUT2D eigenvalue weighted by atomic mass is 10.0. The number of ether oxygens (including phenoxy) is 1. The van der Waals surface area contributed by atoms with Crippen molar-refractivity contribution in [1.82, 2.24) is 0 Å². The Hall–Kier alpha value is -1.45. The molecule has 0 unspecified atom stereocenters. The van der Waals surface area contributed by atoms with E-state index in [-0.39, 0.29) is 5.78 Å². The number of rotatable bonds is 4. The highest BCUT2D eigenvalue weighted by Crippen LogP contribution is 2.28. The van der Waals surface area contributed by atoms with Crippen LogP contribution >= 0.6 is 23.4 Å². The van der Waals surface area contributed by atoms with Crippen LogP contribution in [-0.4, -0.2) is 19.1 Å². The molecule has 2 rings (SSSR count). The van der Waals surface area contributed by atoms with Gasteiger partial charge in [0.05, 0.1) is 12.7 Å². The van der Waals surface area contributed by atoms with E-state index in [1.165, 1.54) is 0 Å². The van der Waals surface area contributed by atoms with Gasteiger partial charge in [0.25, 0.3) is 0 Å². The van der Waals surface area contributed by atoms with E-state index in [0.29, 0.717) is 21.9 Å². The van der Waals surface area contributed by atoms with Gasteiger partial charge in [-0.1, -0.05) is 23.7 Å². The lowest BCUT2D eigenvalue weighted by molar-refractivity contribution is 0.103. The van der Waals surface area contributed by atoms with Crippen LogP contribution in [0.3, 0.4) is 0 Å². The minimum Gasteiger partial charge on any atom is -0.496 e. The van der Waals surface area contributed by atoms with Gasteiger partial charge in [-0.3, -0.25) is 4.79 Å². The Morgan fingerprint density at radius 2 is 1.89 bits per heavy atom. The Morgan fingerprint density at radius 1 is 1.16 bits per heavy atom. The van der Waals surface area contributed by atoms with Crippen molar-refractivity contribution in [1.29, 1.82) is 0 Å². The van der Waals surface area contributed by atoms with Crippen molar-refractivity contribution in [3.8, 4) is 5.75 Å². The van der Waals surface area contributed by atoms with Gasteiger partial charge in [0.1, 0.15) is 5.75 Å². The second-order valence-electron chi connectivity index (χ2n) is 3.87. The minimum atomic E-state index is -0.0794. The number of thioether (sulfide) groups is 1. The number of halogens is 1. The smallest absolute Gasteiger partial charge is 0.197 e. The van der Waals surface area contributed by atoms with E-state index in [1.807, 2.05) is 30.5 Å². The Balaban J connectivity index is 2.52. The first kappa shape index (κ1) is 14.0. The molecule has 0 heterocycles. The van der Waals surface area contributed by atoms with Crippen molar-refractivity contribution in [3.63, 3.8) is 0 Å². The number of ketones is 1. The zero-order valence-corrected chi connectivity index (χ0v) is 12.2. The monoisotopic (exact) mass is 292 g/mol. The average Bonchev–Trinajstić information content (AvgIpc) is 2.46. The molecule has 2 nitrogen and oxygen atoms in total. The summed E-state index contributed by atoms with van der Waals surface area (Å²) in [6.07, 6.45) is 1.95. The van der Waals surface area contributed by atoms with E-state index in [0.717, 1.165) is 4.90 Å². The topological polar surface area (TPSA) is 26.3 Å². The van der Waals surface area contributed by atoms with Gasteiger partial charge in [-0.05, 0) is 36.6 Å². The summed E-state index contributed by atoms with van der Waals surface area (Å²) in [5.41, 5.74) is 1.15. The second-order valence-corrected chi connectivity index (χ2v) is 5.16. The van der Waals surface area contributed by atoms with E-state index < -0.39 is 0 Å². The summed E-state index contributed by atoms with van der Waals surface area (Å²) < 4.78 is 5.23. The molecule has 0 aliphatic heterocycles. The molecule has 2 aromatic rings. The summed E-state index contributed by atoms with van der Waals surface area (Å²) in [6, 6.07) is 12.6. The molecule has 0 saturated heterocycles. The van der Waals surface area contributed by atoms with Crippen molar-refractivity contribution >= 4 is 29.1 Å². The molecule has 19 heavy (non-hydrogen) atoms. The number of hydrogen-bond acceptors (Lipinski definition) is 3. The summed E-state index contributed by atoms with van der Waals surface area (Å²) >= 11 is 7.51. The zero-order chi connectivity index (χ0) is 13.8. The van der Waals surface area contributed by atoms with Crippen LogP contribution < -0.4 is 4.74 Å². The quantitative estimate of drug-likeness (QED) is 0.621. The van der Waals surface area contributed by atoms with Crippen LogP contribution in [0.4, 0.5) is 0 Å². The average molecular weight is 293 g/mol. The van der Waals surface area contributed by atoms with E-state index in [9.17, 15) is 4.79 Å². The fourth-order valence-electron chi connectivity index (χ4n) is 1.83. The maximum absolute atomic E-state index is 12.6. The molecule has 0 amide bonds. The Morgan fingerprint density at radius 3 is 2.58 bits per heavy atom. The highest BCUT2D eigenvalue weighted by atomic mass is 35.5. The fourth-order valence-corrected chi connectivity index (χ4v) is 2.60. The van der Waals surface area contributed by atoms with Gasteiger partial charge in [-0.25, -0.2) is 0 Å². The molecule has 0 aliphatic rings. The Labute approximate surface area is 121 Å². The Bertz CT molecular complexity index is 611. The van der Waals surface area contributed by atoms with Gasteiger partial charge in [0.2, 0.25) is 0 Å². The first-order valence-electron chi connectivity index (χ1n) is 5.68. The molecule has 0 saturated carbocycles. The predicted octanol–water partition coefficient (Wildman–Crippen LogP) is 4.30. The van der Waals surface area contributed by atoms with Crippen molar-refractivity contribution in [2.45, 2.75) is 4.90 Å². The van der Waals surface area contributed by atoms with Crippen molar-refractivity contribution in [2.24, 2.45) is 0 Å². The third-order valence-electron chi connectivity index (χ3n) is 2.76. The molecule has 0 spiro atoms. The molecule has 2 aromatic carbocycles. The molecule has 4 heteroatoms. The van der Waals surface area contributed by atoms with Crippen LogP contribution in [0, 0.1) is 0 Å². The molecule has 0 aliphatic carbocycles. The number of hydrogen-bond donors (Lipinski definition) is 0.